The van der Waals surface area contributed by atoms with Crippen molar-refractivity contribution < 1.29 is 14.4 Å². The Hall–Kier alpha value is -3.45. The van der Waals surface area contributed by atoms with E-state index in [4.69, 9.17) is 0 Å². The molecule has 2 unspecified atom stereocenters. The lowest BCUT2D eigenvalue weighted by Gasteiger charge is -2.38. The lowest BCUT2D eigenvalue weighted by atomic mass is 9.80. The second-order valence-electron chi connectivity index (χ2n) is 9.93. The van der Waals surface area contributed by atoms with Gasteiger partial charge in [-0.25, -0.2) is 5.01 Å². The zero-order chi connectivity index (χ0) is 24.9. The summed E-state index contributed by atoms with van der Waals surface area (Å²) in [5.41, 5.74) is 5.19. The summed E-state index contributed by atoms with van der Waals surface area (Å²) < 4.78 is 0. The summed E-state index contributed by atoms with van der Waals surface area (Å²) in [6.45, 7) is 4.28. The molecule has 0 bridgehead atoms. The molecule has 2 atom stereocenters. The molecule has 2 aromatic carbocycles. The SMILES string of the molecule is O=C1NN(c2cccc(C(=O)N3CCCN(CCCc4ccccc4)CC3)c2)C(=O)C2CC=CCC12. The molecule has 36 heavy (non-hydrogen) atoms. The predicted octanol–water partition coefficient (Wildman–Crippen LogP) is 3.43. The molecule has 2 heterocycles. The number of hydrogen-bond donors (Lipinski definition) is 1. The van der Waals surface area contributed by atoms with Gasteiger partial charge in [0.2, 0.25) is 11.8 Å². The van der Waals surface area contributed by atoms with Gasteiger partial charge in [0, 0.05) is 25.2 Å². The van der Waals surface area contributed by atoms with Gasteiger partial charge in [0.15, 0.2) is 0 Å². The van der Waals surface area contributed by atoms with Gasteiger partial charge in [-0.15, -0.1) is 0 Å². The van der Waals surface area contributed by atoms with E-state index >= 15 is 0 Å². The largest absolute Gasteiger partial charge is 0.337 e. The van der Waals surface area contributed by atoms with Crippen molar-refractivity contribution in [1.29, 1.82) is 0 Å². The Morgan fingerprint density at radius 2 is 1.69 bits per heavy atom. The molecule has 2 saturated heterocycles. The number of carbonyl (C=O) groups excluding carboxylic acids is 3. The molecule has 7 nitrogen and oxygen atoms in total. The molecule has 0 radical (unpaired) electrons. The second-order valence-corrected chi connectivity index (χ2v) is 9.93. The van der Waals surface area contributed by atoms with Gasteiger partial charge in [-0.05, 0) is 69.0 Å². The molecular weight excluding hydrogens is 452 g/mol. The molecule has 3 amide bonds. The van der Waals surface area contributed by atoms with Gasteiger partial charge >= 0.3 is 0 Å². The highest BCUT2D eigenvalue weighted by atomic mass is 16.2. The molecule has 3 aliphatic rings. The maximum atomic E-state index is 13.4. The summed E-state index contributed by atoms with van der Waals surface area (Å²) in [5.74, 6) is -0.940. The van der Waals surface area contributed by atoms with E-state index in [9.17, 15) is 14.4 Å². The first-order chi connectivity index (χ1) is 17.6. The second kappa shape index (κ2) is 11.1. The fraction of sp³-hybridized carbons (Fsp3) is 0.414. The van der Waals surface area contributed by atoms with E-state index in [1.807, 2.05) is 23.1 Å². The predicted molar refractivity (Wildman–Crippen MR) is 139 cm³/mol. The van der Waals surface area contributed by atoms with E-state index in [0.29, 0.717) is 37.2 Å². The first-order valence-electron chi connectivity index (χ1n) is 13.1. The number of anilines is 1. The van der Waals surface area contributed by atoms with E-state index in [1.54, 1.807) is 24.3 Å². The highest BCUT2D eigenvalue weighted by molar-refractivity contribution is 6.05. The van der Waals surface area contributed by atoms with Gasteiger partial charge in [0.05, 0.1) is 17.5 Å². The van der Waals surface area contributed by atoms with Crippen molar-refractivity contribution in [2.24, 2.45) is 11.8 Å². The highest BCUT2D eigenvalue weighted by Crippen LogP contribution is 2.32. The van der Waals surface area contributed by atoms with Crippen molar-refractivity contribution in [2.75, 3.05) is 37.7 Å². The highest BCUT2D eigenvalue weighted by Gasteiger charge is 2.42. The number of fused-ring (bicyclic) bond motifs is 1. The molecule has 0 spiro atoms. The first-order valence-corrected chi connectivity index (χ1v) is 13.1. The minimum Gasteiger partial charge on any atom is -0.337 e. The van der Waals surface area contributed by atoms with E-state index in [1.165, 1.54) is 10.6 Å². The average molecular weight is 487 g/mol. The maximum Gasteiger partial charge on any atom is 0.253 e. The third-order valence-corrected chi connectivity index (χ3v) is 7.54. The summed E-state index contributed by atoms with van der Waals surface area (Å²) in [6, 6.07) is 17.6. The fourth-order valence-corrected chi connectivity index (χ4v) is 5.49. The molecule has 0 saturated carbocycles. The van der Waals surface area contributed by atoms with Crippen molar-refractivity contribution in [1.82, 2.24) is 15.2 Å². The summed E-state index contributed by atoms with van der Waals surface area (Å²) in [7, 11) is 0. The summed E-state index contributed by atoms with van der Waals surface area (Å²) in [6.07, 6.45) is 8.21. The van der Waals surface area contributed by atoms with Crippen molar-refractivity contribution in [2.45, 2.75) is 32.1 Å². The van der Waals surface area contributed by atoms with Crippen LogP contribution in [0.4, 0.5) is 5.69 Å². The topological polar surface area (TPSA) is 73.0 Å². The van der Waals surface area contributed by atoms with E-state index in [2.05, 4.69) is 34.6 Å². The third-order valence-electron chi connectivity index (χ3n) is 7.54. The van der Waals surface area contributed by atoms with Crippen molar-refractivity contribution in [3.8, 4) is 0 Å². The van der Waals surface area contributed by atoms with Crippen LogP contribution in [-0.2, 0) is 16.0 Å². The molecule has 1 aliphatic carbocycles. The zero-order valence-corrected chi connectivity index (χ0v) is 20.6. The Morgan fingerprint density at radius 3 is 2.53 bits per heavy atom. The lowest BCUT2D eigenvalue weighted by molar-refractivity contribution is -0.139. The van der Waals surface area contributed by atoms with Crippen LogP contribution in [0.5, 0.6) is 0 Å². The Balaban J connectivity index is 1.19. The third kappa shape index (κ3) is 5.36. The van der Waals surface area contributed by atoms with Crippen LogP contribution >= 0.6 is 0 Å². The first kappa shape index (κ1) is 24.3. The molecule has 2 aromatic rings. The quantitative estimate of drug-likeness (QED) is 0.635. The van der Waals surface area contributed by atoms with Crippen LogP contribution < -0.4 is 10.4 Å². The minimum absolute atomic E-state index is 0.0303. The van der Waals surface area contributed by atoms with E-state index in [-0.39, 0.29) is 29.6 Å². The van der Waals surface area contributed by atoms with Gasteiger partial charge in [0.1, 0.15) is 0 Å². The Kier molecular flexibility index (Phi) is 7.47. The fourth-order valence-electron chi connectivity index (χ4n) is 5.49. The van der Waals surface area contributed by atoms with Crippen LogP contribution in [0.25, 0.3) is 0 Å². The van der Waals surface area contributed by atoms with Gasteiger partial charge in [-0.1, -0.05) is 48.6 Å². The van der Waals surface area contributed by atoms with Crippen molar-refractivity contribution in [3.05, 3.63) is 77.9 Å². The molecule has 188 valence electrons. The number of rotatable bonds is 6. The van der Waals surface area contributed by atoms with Gasteiger partial charge in [-0.2, -0.15) is 0 Å². The summed E-state index contributed by atoms with van der Waals surface area (Å²) >= 11 is 0. The van der Waals surface area contributed by atoms with Crippen LogP contribution in [0.2, 0.25) is 0 Å². The number of nitrogens with one attached hydrogen (secondary N) is 1. The normalized spacial score (nSPS) is 22.7. The molecular formula is C29H34N4O3. The van der Waals surface area contributed by atoms with Crippen LogP contribution in [0, 0.1) is 11.8 Å². The van der Waals surface area contributed by atoms with Crippen LogP contribution in [0.3, 0.4) is 0 Å². The Labute approximate surface area is 212 Å². The number of nitrogens with zero attached hydrogens (tertiary/aromatic N) is 3. The number of hydrogen-bond acceptors (Lipinski definition) is 4. The number of allylic oxidation sites excluding steroid dienone is 2. The Morgan fingerprint density at radius 1 is 0.889 bits per heavy atom. The maximum absolute atomic E-state index is 13.4. The molecule has 2 fully saturated rings. The van der Waals surface area contributed by atoms with Crippen LogP contribution in [-0.4, -0.2) is 60.2 Å². The molecule has 0 aromatic heterocycles. The minimum atomic E-state index is -0.346. The Bertz CT molecular complexity index is 1130. The number of carbonyl (C=O) groups is 3. The smallest absolute Gasteiger partial charge is 0.253 e. The van der Waals surface area contributed by atoms with Crippen LogP contribution in [0.15, 0.2) is 66.7 Å². The summed E-state index contributed by atoms with van der Waals surface area (Å²) in [4.78, 5) is 43.5. The zero-order valence-electron chi connectivity index (χ0n) is 20.6. The number of benzene rings is 2. The monoisotopic (exact) mass is 486 g/mol. The van der Waals surface area contributed by atoms with Crippen LogP contribution in [0.1, 0.15) is 41.6 Å². The van der Waals surface area contributed by atoms with Crippen molar-refractivity contribution >= 4 is 23.4 Å². The molecule has 1 N–H and O–H groups in total. The standard InChI is InChI=1S/C29H34N4O3/c34-27-25-14-4-5-15-26(25)29(36)33(30-27)24-13-6-12-23(21-24)28(35)32-18-8-17-31(19-20-32)16-7-11-22-9-2-1-3-10-22/h1-6,9-10,12-13,21,25-26H,7-8,11,14-20H2,(H,30,34). The van der Waals surface area contributed by atoms with Gasteiger partial charge < -0.3 is 9.80 Å². The summed E-state index contributed by atoms with van der Waals surface area (Å²) in [5, 5.41) is 1.33. The van der Waals surface area contributed by atoms with E-state index < -0.39 is 0 Å². The van der Waals surface area contributed by atoms with E-state index in [0.717, 1.165) is 38.9 Å². The number of aryl methyl sites for hydroxylation is 1. The molecule has 2 aliphatic heterocycles. The number of hydrazine groups is 1. The average Bonchev–Trinajstić information content (AvgIpc) is 3.17. The van der Waals surface area contributed by atoms with Crippen molar-refractivity contribution in [3.63, 3.8) is 0 Å². The molecule has 5 rings (SSSR count). The van der Waals surface area contributed by atoms with Gasteiger partial charge in [0.25, 0.3) is 5.91 Å². The lowest BCUT2D eigenvalue weighted by Crippen LogP contribution is -2.59. The molecule has 7 heteroatoms. The van der Waals surface area contributed by atoms with Gasteiger partial charge in [-0.3, -0.25) is 19.8 Å². The number of amides is 3.